The first-order chi connectivity index (χ1) is 8.60. The van der Waals surface area contributed by atoms with Crippen LogP contribution in [0.15, 0.2) is 24.3 Å². The molecule has 1 saturated heterocycles. The van der Waals surface area contributed by atoms with Crippen LogP contribution in [0.2, 0.25) is 0 Å². The highest BCUT2D eigenvalue weighted by molar-refractivity contribution is 5.29. The van der Waals surface area contributed by atoms with Crippen LogP contribution in [0, 0.1) is 11.8 Å². The summed E-state index contributed by atoms with van der Waals surface area (Å²) in [6.45, 7) is 7.41. The van der Waals surface area contributed by atoms with Gasteiger partial charge in [0, 0.05) is 25.7 Å². The van der Waals surface area contributed by atoms with Crippen molar-refractivity contribution in [2.24, 2.45) is 17.6 Å². The maximum atomic E-state index is 9.60. The predicted octanol–water partition coefficient (Wildman–Crippen LogP) is 2.37. The maximum Gasteiger partial charge on any atom is 0.115 e. The SMILES string of the molecule is CC1CC(C)CN(C(CN)c2cccc(O)c2)C1. The third-order valence-corrected chi connectivity index (χ3v) is 3.82. The molecule has 0 amide bonds. The van der Waals surface area contributed by atoms with Crippen LogP contribution < -0.4 is 5.73 Å². The van der Waals surface area contributed by atoms with Crippen LogP contribution in [-0.2, 0) is 0 Å². The van der Waals surface area contributed by atoms with E-state index in [1.54, 1.807) is 6.07 Å². The molecule has 100 valence electrons. The van der Waals surface area contributed by atoms with Crippen molar-refractivity contribution in [1.82, 2.24) is 4.90 Å². The lowest BCUT2D eigenvalue weighted by Gasteiger charge is -2.40. The molecule has 0 radical (unpaired) electrons. The number of hydrogen-bond donors (Lipinski definition) is 2. The van der Waals surface area contributed by atoms with E-state index in [1.807, 2.05) is 12.1 Å². The molecule has 0 aromatic heterocycles. The zero-order valence-electron chi connectivity index (χ0n) is 11.3. The highest BCUT2D eigenvalue weighted by Crippen LogP contribution is 2.29. The molecular weight excluding hydrogens is 224 g/mol. The Kier molecular flexibility index (Phi) is 4.25. The first kappa shape index (κ1) is 13.4. The van der Waals surface area contributed by atoms with Gasteiger partial charge in [0.05, 0.1) is 0 Å². The summed E-state index contributed by atoms with van der Waals surface area (Å²) in [7, 11) is 0. The number of phenolic OH excluding ortho intramolecular Hbond substituents is 1. The summed E-state index contributed by atoms with van der Waals surface area (Å²) >= 11 is 0. The van der Waals surface area contributed by atoms with Crippen LogP contribution in [0.5, 0.6) is 5.75 Å². The molecule has 0 saturated carbocycles. The minimum Gasteiger partial charge on any atom is -0.508 e. The minimum absolute atomic E-state index is 0.224. The first-order valence-electron chi connectivity index (χ1n) is 6.83. The summed E-state index contributed by atoms with van der Waals surface area (Å²) in [5.41, 5.74) is 7.08. The van der Waals surface area contributed by atoms with Gasteiger partial charge in [-0.1, -0.05) is 26.0 Å². The molecule has 3 atom stereocenters. The Balaban J connectivity index is 2.17. The number of hydrogen-bond acceptors (Lipinski definition) is 3. The number of piperidine rings is 1. The van der Waals surface area contributed by atoms with Crippen LogP contribution >= 0.6 is 0 Å². The smallest absolute Gasteiger partial charge is 0.115 e. The number of rotatable bonds is 3. The summed E-state index contributed by atoms with van der Waals surface area (Å²) in [5.74, 6) is 1.77. The Morgan fingerprint density at radius 2 is 2.00 bits per heavy atom. The summed E-state index contributed by atoms with van der Waals surface area (Å²) in [4.78, 5) is 2.47. The maximum absolute atomic E-state index is 9.60. The summed E-state index contributed by atoms with van der Waals surface area (Å²) in [5, 5.41) is 9.60. The van der Waals surface area contributed by atoms with Crippen LogP contribution in [0.1, 0.15) is 31.9 Å². The molecule has 1 aromatic carbocycles. The Morgan fingerprint density at radius 1 is 1.33 bits per heavy atom. The molecule has 18 heavy (non-hydrogen) atoms. The number of nitrogens with zero attached hydrogens (tertiary/aromatic N) is 1. The van der Waals surface area contributed by atoms with Gasteiger partial charge in [0.2, 0.25) is 0 Å². The van der Waals surface area contributed by atoms with Crippen molar-refractivity contribution in [2.45, 2.75) is 26.3 Å². The van der Waals surface area contributed by atoms with Gasteiger partial charge in [0.25, 0.3) is 0 Å². The van der Waals surface area contributed by atoms with Crippen LogP contribution in [0.3, 0.4) is 0 Å². The average molecular weight is 248 g/mol. The lowest BCUT2D eigenvalue weighted by atomic mass is 9.89. The Hall–Kier alpha value is -1.06. The van der Waals surface area contributed by atoms with Gasteiger partial charge in [-0.05, 0) is 36.0 Å². The summed E-state index contributed by atoms with van der Waals surface area (Å²) in [6, 6.07) is 7.72. The molecule has 0 bridgehead atoms. The fourth-order valence-corrected chi connectivity index (χ4v) is 3.19. The number of benzene rings is 1. The monoisotopic (exact) mass is 248 g/mol. The lowest BCUT2D eigenvalue weighted by Crippen LogP contribution is -2.43. The van der Waals surface area contributed by atoms with E-state index in [4.69, 9.17) is 5.73 Å². The second-order valence-electron chi connectivity index (χ2n) is 5.75. The van der Waals surface area contributed by atoms with Gasteiger partial charge >= 0.3 is 0 Å². The zero-order valence-corrected chi connectivity index (χ0v) is 11.3. The molecule has 1 aliphatic heterocycles. The molecule has 3 heteroatoms. The van der Waals surface area contributed by atoms with Crippen molar-refractivity contribution in [1.29, 1.82) is 0 Å². The van der Waals surface area contributed by atoms with E-state index < -0.39 is 0 Å². The topological polar surface area (TPSA) is 49.5 Å². The van der Waals surface area contributed by atoms with E-state index in [-0.39, 0.29) is 6.04 Å². The van der Waals surface area contributed by atoms with E-state index in [1.165, 1.54) is 6.42 Å². The van der Waals surface area contributed by atoms with E-state index in [0.29, 0.717) is 12.3 Å². The molecule has 3 unspecified atom stereocenters. The number of likely N-dealkylation sites (tertiary alicyclic amines) is 1. The van der Waals surface area contributed by atoms with Crippen molar-refractivity contribution >= 4 is 0 Å². The average Bonchev–Trinajstić information content (AvgIpc) is 2.28. The summed E-state index contributed by atoms with van der Waals surface area (Å²) in [6.07, 6.45) is 1.30. The molecule has 1 fully saturated rings. The molecule has 1 aliphatic rings. The van der Waals surface area contributed by atoms with Gasteiger partial charge in [-0.15, -0.1) is 0 Å². The van der Waals surface area contributed by atoms with Gasteiger partial charge in [0.15, 0.2) is 0 Å². The molecule has 1 aromatic rings. The molecule has 2 rings (SSSR count). The van der Waals surface area contributed by atoms with E-state index >= 15 is 0 Å². The third kappa shape index (κ3) is 3.03. The second-order valence-corrected chi connectivity index (χ2v) is 5.75. The molecule has 3 nitrogen and oxygen atoms in total. The van der Waals surface area contributed by atoms with Gasteiger partial charge in [-0.3, -0.25) is 4.90 Å². The van der Waals surface area contributed by atoms with Crippen molar-refractivity contribution < 1.29 is 5.11 Å². The van der Waals surface area contributed by atoms with Crippen molar-refractivity contribution in [3.8, 4) is 5.75 Å². The molecular formula is C15H24N2O. The predicted molar refractivity (Wildman–Crippen MR) is 74.4 cm³/mol. The highest BCUT2D eigenvalue weighted by atomic mass is 16.3. The standard InChI is InChI=1S/C15H24N2O/c1-11-6-12(2)10-17(9-11)15(8-16)13-4-3-5-14(18)7-13/h3-5,7,11-12,15,18H,6,8-10,16H2,1-2H3. The number of phenols is 1. The molecule has 0 aliphatic carbocycles. The Bertz CT molecular complexity index is 384. The van der Waals surface area contributed by atoms with Crippen LogP contribution in [0.25, 0.3) is 0 Å². The van der Waals surface area contributed by atoms with Crippen molar-refractivity contribution in [2.75, 3.05) is 19.6 Å². The lowest BCUT2D eigenvalue weighted by molar-refractivity contribution is 0.0983. The number of nitrogens with two attached hydrogens (primary N) is 1. The van der Waals surface area contributed by atoms with Gasteiger partial charge < -0.3 is 10.8 Å². The quantitative estimate of drug-likeness (QED) is 0.863. The fourth-order valence-electron chi connectivity index (χ4n) is 3.19. The van der Waals surface area contributed by atoms with Gasteiger partial charge in [-0.25, -0.2) is 0 Å². The normalized spacial score (nSPS) is 27.1. The fraction of sp³-hybridized carbons (Fsp3) is 0.600. The highest BCUT2D eigenvalue weighted by Gasteiger charge is 2.27. The second kappa shape index (κ2) is 5.72. The Morgan fingerprint density at radius 3 is 2.56 bits per heavy atom. The first-order valence-corrected chi connectivity index (χ1v) is 6.83. The zero-order chi connectivity index (χ0) is 13.1. The minimum atomic E-state index is 0.224. The molecule has 3 N–H and O–H groups in total. The van der Waals surface area contributed by atoms with E-state index in [2.05, 4.69) is 24.8 Å². The largest absolute Gasteiger partial charge is 0.508 e. The molecule has 0 spiro atoms. The van der Waals surface area contributed by atoms with Gasteiger partial charge in [0.1, 0.15) is 5.75 Å². The Labute approximate surface area is 110 Å². The number of aromatic hydroxyl groups is 1. The van der Waals surface area contributed by atoms with Crippen LogP contribution in [-0.4, -0.2) is 29.6 Å². The van der Waals surface area contributed by atoms with Crippen molar-refractivity contribution in [3.63, 3.8) is 0 Å². The van der Waals surface area contributed by atoms with Gasteiger partial charge in [-0.2, -0.15) is 0 Å². The van der Waals surface area contributed by atoms with Crippen LogP contribution in [0.4, 0.5) is 0 Å². The van der Waals surface area contributed by atoms with E-state index in [0.717, 1.165) is 30.5 Å². The third-order valence-electron chi connectivity index (χ3n) is 3.82. The molecule has 1 heterocycles. The van der Waals surface area contributed by atoms with Crippen molar-refractivity contribution in [3.05, 3.63) is 29.8 Å². The van der Waals surface area contributed by atoms with E-state index in [9.17, 15) is 5.11 Å². The summed E-state index contributed by atoms with van der Waals surface area (Å²) < 4.78 is 0.